The number of nitrogens with zero attached hydrogens (tertiary/aromatic N) is 2. The van der Waals surface area contributed by atoms with Crippen molar-refractivity contribution in [2.75, 3.05) is 26.4 Å². The van der Waals surface area contributed by atoms with E-state index < -0.39 is 0 Å². The van der Waals surface area contributed by atoms with E-state index in [2.05, 4.69) is 62.2 Å². The molecule has 0 spiro atoms. The molecule has 0 radical (unpaired) electrons. The Morgan fingerprint density at radius 3 is 1.04 bits per heavy atom. The average molecular weight is 685 g/mol. The SMILES string of the molecule is CCCCCCOc1ccc(/C=C/c2ccc(/C=C/c3ccc(OCCCCCC)c(OCCCCCC)c3)nn2)cc1OCCCCCC. The molecule has 50 heavy (non-hydrogen) atoms. The topological polar surface area (TPSA) is 62.7 Å². The van der Waals surface area contributed by atoms with E-state index >= 15 is 0 Å². The minimum Gasteiger partial charge on any atom is -0.490 e. The highest BCUT2D eigenvalue weighted by molar-refractivity contribution is 5.71. The summed E-state index contributed by atoms with van der Waals surface area (Å²) in [6.45, 7) is 11.7. The predicted octanol–water partition coefficient (Wildman–Crippen LogP) is 12.7. The molecule has 0 aliphatic carbocycles. The van der Waals surface area contributed by atoms with Gasteiger partial charge in [0, 0.05) is 0 Å². The van der Waals surface area contributed by atoms with Gasteiger partial charge in [-0.1, -0.05) is 129 Å². The summed E-state index contributed by atoms with van der Waals surface area (Å²) in [6, 6.07) is 16.3. The summed E-state index contributed by atoms with van der Waals surface area (Å²) in [5.41, 5.74) is 3.66. The van der Waals surface area contributed by atoms with Gasteiger partial charge < -0.3 is 18.9 Å². The molecular weight excluding hydrogens is 620 g/mol. The fraction of sp³-hybridized carbons (Fsp3) is 0.545. The van der Waals surface area contributed by atoms with Gasteiger partial charge in [-0.25, -0.2) is 0 Å². The first-order valence-corrected chi connectivity index (χ1v) is 19.7. The number of rotatable bonds is 28. The van der Waals surface area contributed by atoms with Gasteiger partial charge in [-0.05, 0) is 85.4 Å². The first kappa shape index (κ1) is 40.6. The van der Waals surface area contributed by atoms with Crippen LogP contribution in [-0.4, -0.2) is 36.6 Å². The molecule has 0 N–H and O–H groups in total. The minimum atomic E-state index is 0.699. The van der Waals surface area contributed by atoms with Gasteiger partial charge >= 0.3 is 0 Å². The number of unbranched alkanes of at least 4 members (excludes halogenated alkanes) is 12. The minimum absolute atomic E-state index is 0.699. The Kier molecular flexibility index (Phi) is 21.2. The number of ether oxygens (including phenoxy) is 4. The first-order valence-electron chi connectivity index (χ1n) is 19.7. The highest BCUT2D eigenvalue weighted by Gasteiger charge is 2.08. The van der Waals surface area contributed by atoms with Crippen LogP contribution in [0, 0.1) is 0 Å². The van der Waals surface area contributed by atoms with Gasteiger partial charge in [-0.3, -0.25) is 0 Å². The van der Waals surface area contributed by atoms with Crippen LogP contribution < -0.4 is 18.9 Å². The van der Waals surface area contributed by atoms with Crippen LogP contribution in [0.5, 0.6) is 23.0 Å². The van der Waals surface area contributed by atoms with E-state index in [-0.39, 0.29) is 0 Å². The molecule has 0 atom stereocenters. The number of hydrogen-bond acceptors (Lipinski definition) is 6. The van der Waals surface area contributed by atoms with Crippen LogP contribution in [0.15, 0.2) is 48.5 Å². The fourth-order valence-electron chi connectivity index (χ4n) is 5.46. The molecule has 0 saturated carbocycles. The van der Waals surface area contributed by atoms with Crippen LogP contribution in [0.25, 0.3) is 24.3 Å². The molecule has 6 nitrogen and oxygen atoms in total. The quantitative estimate of drug-likeness (QED) is 0.0709. The summed E-state index contributed by atoms with van der Waals surface area (Å²) in [5.74, 6) is 3.25. The van der Waals surface area contributed by atoms with Crippen LogP contribution in [0.4, 0.5) is 0 Å². The fourth-order valence-corrected chi connectivity index (χ4v) is 5.46. The second kappa shape index (κ2) is 26.1. The maximum atomic E-state index is 6.20. The van der Waals surface area contributed by atoms with Gasteiger partial charge in [0.15, 0.2) is 23.0 Å². The maximum Gasteiger partial charge on any atom is 0.161 e. The van der Waals surface area contributed by atoms with Gasteiger partial charge in [0.2, 0.25) is 0 Å². The zero-order chi connectivity index (χ0) is 35.5. The van der Waals surface area contributed by atoms with Crippen molar-refractivity contribution >= 4 is 24.3 Å². The largest absolute Gasteiger partial charge is 0.490 e. The molecule has 6 heteroatoms. The van der Waals surface area contributed by atoms with Crippen molar-refractivity contribution in [1.29, 1.82) is 0 Å². The molecule has 0 amide bonds. The molecule has 0 fully saturated rings. The number of hydrogen-bond donors (Lipinski definition) is 0. The summed E-state index contributed by atoms with van der Waals surface area (Å²) < 4.78 is 24.7. The van der Waals surface area contributed by atoms with Gasteiger partial charge in [0.1, 0.15) is 0 Å². The Balaban J connectivity index is 1.62. The summed E-state index contributed by atoms with van der Waals surface area (Å²) in [6.07, 6.45) is 26.8. The maximum absolute atomic E-state index is 6.20. The summed E-state index contributed by atoms with van der Waals surface area (Å²) in [7, 11) is 0. The van der Waals surface area contributed by atoms with Crippen molar-refractivity contribution in [3.8, 4) is 23.0 Å². The molecule has 0 saturated heterocycles. The Morgan fingerprint density at radius 2 is 0.720 bits per heavy atom. The van der Waals surface area contributed by atoms with Crippen LogP contribution in [-0.2, 0) is 0 Å². The molecular formula is C44H64N2O4. The monoisotopic (exact) mass is 684 g/mol. The molecule has 0 aliphatic heterocycles. The molecule has 3 aromatic rings. The summed E-state index contributed by atoms with van der Waals surface area (Å²) in [5, 5.41) is 8.90. The Bertz CT molecular complexity index is 1260. The molecule has 0 unspecified atom stereocenters. The van der Waals surface area contributed by atoms with E-state index in [1.54, 1.807) is 0 Å². The lowest BCUT2D eigenvalue weighted by Crippen LogP contribution is -2.03. The highest BCUT2D eigenvalue weighted by Crippen LogP contribution is 2.31. The van der Waals surface area contributed by atoms with E-state index in [9.17, 15) is 0 Å². The van der Waals surface area contributed by atoms with Crippen molar-refractivity contribution in [2.45, 2.75) is 130 Å². The van der Waals surface area contributed by atoms with Gasteiger partial charge in [-0.15, -0.1) is 0 Å². The molecule has 2 aromatic carbocycles. The van der Waals surface area contributed by atoms with E-state index in [4.69, 9.17) is 18.9 Å². The third-order valence-corrected chi connectivity index (χ3v) is 8.56. The van der Waals surface area contributed by atoms with Crippen molar-refractivity contribution < 1.29 is 18.9 Å². The van der Waals surface area contributed by atoms with Crippen LogP contribution in [0.1, 0.15) is 153 Å². The third kappa shape index (κ3) is 16.7. The Hall–Kier alpha value is -3.80. The molecule has 1 heterocycles. The van der Waals surface area contributed by atoms with Gasteiger partial charge in [-0.2, -0.15) is 10.2 Å². The average Bonchev–Trinajstić information content (AvgIpc) is 3.14. The normalized spacial score (nSPS) is 11.4. The zero-order valence-corrected chi connectivity index (χ0v) is 31.6. The molecule has 274 valence electrons. The standard InChI is InChI=1S/C44H64N2O4/c1-5-9-13-17-31-47-41-29-23-37(35-43(41)49-33-19-15-11-7-3)21-25-39-27-28-40(46-45-39)26-22-38-24-30-42(48-32-18-14-10-6-2)44(36-38)50-34-20-16-12-8-4/h21-30,35-36H,5-20,31-34H2,1-4H3/b25-21+,26-22+. The van der Waals surface area contributed by atoms with Crippen molar-refractivity contribution in [3.63, 3.8) is 0 Å². The molecule has 3 rings (SSSR count). The van der Waals surface area contributed by atoms with Crippen LogP contribution >= 0.6 is 0 Å². The number of benzene rings is 2. The lowest BCUT2D eigenvalue weighted by atomic mass is 10.1. The van der Waals surface area contributed by atoms with Crippen molar-refractivity contribution in [1.82, 2.24) is 10.2 Å². The van der Waals surface area contributed by atoms with Gasteiger partial charge in [0.05, 0.1) is 37.8 Å². The lowest BCUT2D eigenvalue weighted by Gasteiger charge is -2.14. The second-order valence-electron chi connectivity index (χ2n) is 13.1. The molecule has 0 aliphatic rings. The summed E-state index contributed by atoms with van der Waals surface area (Å²) >= 11 is 0. The van der Waals surface area contributed by atoms with Gasteiger partial charge in [0.25, 0.3) is 0 Å². The third-order valence-electron chi connectivity index (χ3n) is 8.56. The zero-order valence-electron chi connectivity index (χ0n) is 31.6. The second-order valence-corrected chi connectivity index (χ2v) is 13.1. The Labute approximate surface area is 303 Å². The predicted molar refractivity (Wildman–Crippen MR) is 211 cm³/mol. The lowest BCUT2D eigenvalue weighted by molar-refractivity contribution is 0.259. The first-order chi connectivity index (χ1) is 24.7. The van der Waals surface area contributed by atoms with Crippen molar-refractivity contribution in [2.24, 2.45) is 0 Å². The van der Waals surface area contributed by atoms with Crippen LogP contribution in [0.2, 0.25) is 0 Å². The van der Waals surface area contributed by atoms with E-state index in [1.807, 2.05) is 48.6 Å². The summed E-state index contributed by atoms with van der Waals surface area (Å²) in [4.78, 5) is 0. The van der Waals surface area contributed by atoms with E-state index in [1.165, 1.54) is 77.0 Å². The Morgan fingerprint density at radius 1 is 0.380 bits per heavy atom. The van der Waals surface area contributed by atoms with Crippen LogP contribution in [0.3, 0.4) is 0 Å². The smallest absolute Gasteiger partial charge is 0.161 e. The molecule has 1 aromatic heterocycles. The molecule has 0 bridgehead atoms. The van der Waals surface area contributed by atoms with E-state index in [0.717, 1.165) is 71.2 Å². The highest BCUT2D eigenvalue weighted by atomic mass is 16.5. The van der Waals surface area contributed by atoms with Crippen molar-refractivity contribution in [3.05, 3.63) is 71.0 Å². The number of aromatic nitrogens is 2. The van der Waals surface area contributed by atoms with E-state index in [0.29, 0.717) is 26.4 Å².